The van der Waals surface area contributed by atoms with Crippen LogP contribution in [0.15, 0.2) is 0 Å². The zero-order chi connectivity index (χ0) is 16.9. The molecule has 0 radical (unpaired) electrons. The van der Waals surface area contributed by atoms with Crippen molar-refractivity contribution < 1.29 is 4.74 Å². The van der Waals surface area contributed by atoms with Crippen molar-refractivity contribution in [2.24, 2.45) is 5.92 Å². The van der Waals surface area contributed by atoms with Gasteiger partial charge in [-0.25, -0.2) is 0 Å². The molecule has 0 saturated carbocycles. The molecule has 3 rings (SSSR count). The van der Waals surface area contributed by atoms with E-state index in [-0.39, 0.29) is 0 Å². The highest BCUT2D eigenvalue weighted by atomic mass is 16.5. The number of rotatable bonds is 6. The average Bonchev–Trinajstić information content (AvgIpc) is 2.96. The first-order valence-corrected chi connectivity index (χ1v) is 10.4. The minimum absolute atomic E-state index is 0.407. The van der Waals surface area contributed by atoms with Crippen molar-refractivity contribution in [1.29, 1.82) is 0 Å². The Kier molecular flexibility index (Phi) is 6.97. The van der Waals surface area contributed by atoms with Crippen LogP contribution in [0.3, 0.4) is 0 Å². The second-order valence-corrected chi connectivity index (χ2v) is 8.66. The molecule has 3 heterocycles. The zero-order valence-corrected chi connectivity index (χ0v) is 16.3. The number of ether oxygens (including phenoxy) is 1. The molecule has 3 fully saturated rings. The molecule has 0 aromatic carbocycles. The lowest BCUT2D eigenvalue weighted by molar-refractivity contribution is -0.0693. The summed E-state index contributed by atoms with van der Waals surface area (Å²) in [5.41, 5.74) is 0. The summed E-state index contributed by atoms with van der Waals surface area (Å²) in [6.07, 6.45) is 9.23. The molecular weight excluding hydrogens is 298 g/mol. The summed E-state index contributed by atoms with van der Waals surface area (Å²) >= 11 is 0. The van der Waals surface area contributed by atoms with Crippen LogP contribution in [0.5, 0.6) is 0 Å². The predicted molar refractivity (Wildman–Crippen MR) is 100 cm³/mol. The molecule has 0 bridgehead atoms. The van der Waals surface area contributed by atoms with Crippen LogP contribution >= 0.6 is 0 Å². The predicted octanol–water partition coefficient (Wildman–Crippen LogP) is 2.68. The Labute approximate surface area is 149 Å². The SMILES string of the molecule is C[C@@H]1CN(CCC2CCN(CC[C@@H]3CCCN3C)CC2)C[C@H](C)O1. The Morgan fingerprint density at radius 1 is 0.833 bits per heavy atom. The second-order valence-electron chi connectivity index (χ2n) is 8.66. The fourth-order valence-electron chi connectivity index (χ4n) is 5.01. The molecule has 0 amide bonds. The first-order valence-electron chi connectivity index (χ1n) is 10.4. The van der Waals surface area contributed by atoms with Gasteiger partial charge in [-0.1, -0.05) is 0 Å². The first kappa shape index (κ1) is 18.6. The lowest BCUT2D eigenvalue weighted by Crippen LogP contribution is -2.46. The van der Waals surface area contributed by atoms with Gasteiger partial charge in [0.2, 0.25) is 0 Å². The largest absolute Gasteiger partial charge is 0.373 e. The maximum atomic E-state index is 5.85. The van der Waals surface area contributed by atoms with Gasteiger partial charge < -0.3 is 14.5 Å². The van der Waals surface area contributed by atoms with Gasteiger partial charge in [0, 0.05) is 19.1 Å². The molecule has 0 N–H and O–H groups in total. The molecule has 3 atom stereocenters. The fraction of sp³-hybridized carbons (Fsp3) is 1.00. The standard InChI is InChI=1S/C20H39N3O/c1-17-15-23(16-18(2)24-17)13-8-19-6-11-22(12-7-19)14-9-20-5-4-10-21(20)3/h17-20H,4-16H2,1-3H3/t17-,18+,20-/m0/s1. The Balaban J connectivity index is 1.29. The molecule has 0 spiro atoms. The van der Waals surface area contributed by atoms with Crippen molar-refractivity contribution in [3.8, 4) is 0 Å². The van der Waals surface area contributed by atoms with E-state index < -0.39 is 0 Å². The van der Waals surface area contributed by atoms with E-state index in [4.69, 9.17) is 4.74 Å². The van der Waals surface area contributed by atoms with E-state index in [9.17, 15) is 0 Å². The van der Waals surface area contributed by atoms with Crippen molar-refractivity contribution in [3.05, 3.63) is 0 Å². The smallest absolute Gasteiger partial charge is 0.0678 e. The lowest BCUT2D eigenvalue weighted by atomic mass is 9.93. The Bertz CT molecular complexity index is 360. The van der Waals surface area contributed by atoms with E-state index in [1.807, 2.05) is 0 Å². The third-order valence-corrected chi connectivity index (χ3v) is 6.51. The maximum Gasteiger partial charge on any atom is 0.0678 e. The number of nitrogens with zero attached hydrogens (tertiary/aromatic N) is 3. The average molecular weight is 338 g/mol. The molecule has 24 heavy (non-hydrogen) atoms. The molecule has 3 aliphatic rings. The number of hydrogen-bond donors (Lipinski definition) is 0. The van der Waals surface area contributed by atoms with Crippen molar-refractivity contribution in [2.75, 3.05) is 52.9 Å². The highest BCUT2D eigenvalue weighted by molar-refractivity contribution is 4.80. The molecule has 0 unspecified atom stereocenters. The summed E-state index contributed by atoms with van der Waals surface area (Å²) in [6, 6.07) is 0.855. The molecule has 4 nitrogen and oxygen atoms in total. The molecule has 0 aromatic rings. The number of piperidine rings is 1. The third-order valence-electron chi connectivity index (χ3n) is 6.51. The zero-order valence-electron chi connectivity index (χ0n) is 16.3. The van der Waals surface area contributed by atoms with Gasteiger partial charge in [0.1, 0.15) is 0 Å². The van der Waals surface area contributed by atoms with E-state index in [2.05, 4.69) is 35.6 Å². The molecule has 140 valence electrons. The van der Waals surface area contributed by atoms with Crippen LogP contribution in [0.2, 0.25) is 0 Å². The molecular formula is C20H39N3O. The summed E-state index contributed by atoms with van der Waals surface area (Å²) in [5, 5.41) is 0. The van der Waals surface area contributed by atoms with Crippen LogP contribution in [0.4, 0.5) is 0 Å². The van der Waals surface area contributed by atoms with E-state index >= 15 is 0 Å². The van der Waals surface area contributed by atoms with Crippen molar-refractivity contribution in [2.45, 2.75) is 70.6 Å². The monoisotopic (exact) mass is 337 g/mol. The van der Waals surface area contributed by atoms with Crippen LogP contribution in [0.1, 0.15) is 52.4 Å². The summed E-state index contributed by atoms with van der Waals surface area (Å²) < 4.78 is 5.85. The van der Waals surface area contributed by atoms with Gasteiger partial charge in [-0.2, -0.15) is 0 Å². The van der Waals surface area contributed by atoms with E-state index in [1.165, 1.54) is 71.2 Å². The molecule has 3 aliphatic heterocycles. The van der Waals surface area contributed by atoms with Crippen LogP contribution in [0.25, 0.3) is 0 Å². The number of likely N-dealkylation sites (tertiary alicyclic amines) is 2. The van der Waals surface area contributed by atoms with E-state index in [1.54, 1.807) is 0 Å². The number of morpholine rings is 1. The topological polar surface area (TPSA) is 19.0 Å². The number of hydrogen-bond acceptors (Lipinski definition) is 4. The Hall–Kier alpha value is -0.160. The van der Waals surface area contributed by atoms with Crippen LogP contribution in [-0.2, 0) is 4.74 Å². The quantitative estimate of drug-likeness (QED) is 0.742. The van der Waals surface area contributed by atoms with Crippen LogP contribution in [0, 0.1) is 5.92 Å². The van der Waals surface area contributed by atoms with Crippen LogP contribution < -0.4 is 0 Å². The summed E-state index contributed by atoms with van der Waals surface area (Å²) in [6.45, 7) is 13.2. The normalized spacial score (nSPS) is 34.9. The minimum Gasteiger partial charge on any atom is -0.373 e. The summed E-state index contributed by atoms with van der Waals surface area (Å²) in [4.78, 5) is 7.92. The van der Waals surface area contributed by atoms with Crippen molar-refractivity contribution in [3.63, 3.8) is 0 Å². The first-order chi connectivity index (χ1) is 11.6. The highest BCUT2D eigenvalue weighted by Gasteiger charge is 2.25. The highest BCUT2D eigenvalue weighted by Crippen LogP contribution is 2.24. The van der Waals surface area contributed by atoms with Crippen molar-refractivity contribution >= 4 is 0 Å². The Morgan fingerprint density at radius 2 is 1.50 bits per heavy atom. The van der Waals surface area contributed by atoms with E-state index in [0.29, 0.717) is 12.2 Å². The molecule has 0 aliphatic carbocycles. The van der Waals surface area contributed by atoms with Gasteiger partial charge in [-0.3, -0.25) is 4.90 Å². The van der Waals surface area contributed by atoms with Gasteiger partial charge in [-0.15, -0.1) is 0 Å². The summed E-state index contributed by atoms with van der Waals surface area (Å²) in [7, 11) is 2.30. The molecule has 4 heteroatoms. The lowest BCUT2D eigenvalue weighted by Gasteiger charge is -2.37. The fourth-order valence-corrected chi connectivity index (χ4v) is 5.01. The van der Waals surface area contributed by atoms with Gasteiger partial charge in [0.25, 0.3) is 0 Å². The molecule has 3 saturated heterocycles. The molecule has 0 aromatic heterocycles. The minimum atomic E-state index is 0.407. The van der Waals surface area contributed by atoms with Gasteiger partial charge >= 0.3 is 0 Å². The second kappa shape index (κ2) is 8.98. The van der Waals surface area contributed by atoms with Crippen LogP contribution in [-0.4, -0.2) is 85.8 Å². The Morgan fingerprint density at radius 3 is 2.12 bits per heavy atom. The van der Waals surface area contributed by atoms with Gasteiger partial charge in [-0.05, 0) is 98.1 Å². The van der Waals surface area contributed by atoms with E-state index in [0.717, 1.165) is 25.0 Å². The third kappa shape index (κ3) is 5.42. The van der Waals surface area contributed by atoms with Gasteiger partial charge in [0.15, 0.2) is 0 Å². The van der Waals surface area contributed by atoms with Gasteiger partial charge in [0.05, 0.1) is 12.2 Å². The van der Waals surface area contributed by atoms with Crippen molar-refractivity contribution in [1.82, 2.24) is 14.7 Å². The maximum absolute atomic E-state index is 5.85. The summed E-state index contributed by atoms with van der Waals surface area (Å²) in [5.74, 6) is 0.948.